The average molecular weight is 186 g/mol. The van der Waals surface area contributed by atoms with Gasteiger partial charge in [-0.1, -0.05) is 11.6 Å². The molecule has 0 bridgehead atoms. The first-order valence-corrected chi connectivity index (χ1v) is 4.19. The molecule has 0 saturated heterocycles. The second kappa shape index (κ2) is 4.40. The predicted molar refractivity (Wildman–Crippen MR) is 49.9 cm³/mol. The quantitative estimate of drug-likeness (QED) is 0.682. The number of nitrogens with two attached hydrogens (primary N) is 2. The van der Waals surface area contributed by atoms with Gasteiger partial charge in [-0.2, -0.15) is 0 Å². The first-order chi connectivity index (χ1) is 5.77. The van der Waals surface area contributed by atoms with E-state index in [1.807, 2.05) is 6.07 Å². The number of rotatable bonds is 3. The summed E-state index contributed by atoms with van der Waals surface area (Å²) in [7, 11) is 0. The summed E-state index contributed by atoms with van der Waals surface area (Å²) in [5.41, 5.74) is 12.8. The highest BCUT2D eigenvalue weighted by atomic mass is 35.5. The second-order valence-corrected chi connectivity index (χ2v) is 2.89. The fourth-order valence-corrected chi connectivity index (χ4v) is 1.17. The van der Waals surface area contributed by atoms with E-state index in [0.29, 0.717) is 18.2 Å². The summed E-state index contributed by atoms with van der Waals surface area (Å²) in [5, 5.41) is 0.485. The molecule has 0 fully saturated rings. The highest BCUT2D eigenvalue weighted by molar-refractivity contribution is 6.30. The van der Waals surface area contributed by atoms with Gasteiger partial charge in [0.15, 0.2) is 0 Å². The minimum atomic E-state index is 0.421. The molecule has 3 nitrogen and oxygen atoms in total. The summed E-state index contributed by atoms with van der Waals surface area (Å²) in [6, 6.07) is 1.95. The Hall–Kier alpha value is -0.640. The van der Waals surface area contributed by atoms with Crippen molar-refractivity contribution in [3.63, 3.8) is 0 Å². The number of hydrogen-bond donors (Lipinski definition) is 2. The van der Waals surface area contributed by atoms with Crippen molar-refractivity contribution in [2.75, 3.05) is 6.54 Å². The van der Waals surface area contributed by atoms with Gasteiger partial charge in [0, 0.05) is 18.3 Å². The maximum atomic E-state index is 5.77. The van der Waals surface area contributed by atoms with Crippen molar-refractivity contribution in [2.45, 2.75) is 13.0 Å². The smallest absolute Gasteiger partial charge is 0.133 e. The maximum absolute atomic E-state index is 5.77. The molecule has 0 aliphatic carbocycles. The average Bonchev–Trinajstić information content (AvgIpc) is 2.09. The van der Waals surface area contributed by atoms with Gasteiger partial charge < -0.3 is 11.5 Å². The van der Waals surface area contributed by atoms with Gasteiger partial charge in [0.05, 0.1) is 0 Å². The number of halogens is 1. The lowest BCUT2D eigenvalue weighted by Gasteiger charge is -2.02. The molecule has 0 aromatic carbocycles. The van der Waals surface area contributed by atoms with Crippen molar-refractivity contribution in [3.8, 4) is 0 Å². The molecule has 4 heteroatoms. The van der Waals surface area contributed by atoms with Crippen LogP contribution in [-0.4, -0.2) is 11.5 Å². The minimum absolute atomic E-state index is 0.421. The van der Waals surface area contributed by atoms with Crippen LogP contribution in [0.25, 0.3) is 0 Å². The Morgan fingerprint density at radius 2 is 2.17 bits per heavy atom. The molecule has 0 saturated carbocycles. The summed E-state index contributed by atoms with van der Waals surface area (Å²) in [5.74, 6) is 0. The Balaban J connectivity index is 2.89. The molecule has 0 amide bonds. The molecule has 12 heavy (non-hydrogen) atoms. The van der Waals surface area contributed by atoms with Gasteiger partial charge in [0.2, 0.25) is 0 Å². The van der Waals surface area contributed by atoms with Crippen molar-refractivity contribution in [3.05, 3.63) is 28.5 Å². The lowest BCUT2D eigenvalue weighted by Crippen LogP contribution is -2.05. The molecule has 1 heterocycles. The van der Waals surface area contributed by atoms with E-state index in [9.17, 15) is 0 Å². The molecule has 0 aliphatic rings. The van der Waals surface area contributed by atoms with Gasteiger partial charge in [-0.15, -0.1) is 0 Å². The molecule has 0 radical (unpaired) electrons. The van der Waals surface area contributed by atoms with Gasteiger partial charge in [-0.05, 0) is 24.6 Å². The number of pyridine rings is 1. The van der Waals surface area contributed by atoms with E-state index in [2.05, 4.69) is 4.98 Å². The SMILES string of the molecule is NCCc1cnc(Cl)c(CN)c1. The van der Waals surface area contributed by atoms with Crippen molar-refractivity contribution < 1.29 is 0 Å². The van der Waals surface area contributed by atoms with Crippen molar-refractivity contribution in [1.82, 2.24) is 4.98 Å². The van der Waals surface area contributed by atoms with E-state index in [4.69, 9.17) is 23.1 Å². The van der Waals surface area contributed by atoms with E-state index in [1.165, 1.54) is 0 Å². The number of aromatic nitrogens is 1. The van der Waals surface area contributed by atoms with E-state index in [0.717, 1.165) is 17.5 Å². The van der Waals surface area contributed by atoms with E-state index < -0.39 is 0 Å². The van der Waals surface area contributed by atoms with Crippen LogP contribution < -0.4 is 11.5 Å². The van der Waals surface area contributed by atoms with Crippen LogP contribution in [-0.2, 0) is 13.0 Å². The summed E-state index contributed by atoms with van der Waals surface area (Å²) in [6.07, 6.45) is 2.55. The third kappa shape index (κ3) is 2.17. The third-order valence-corrected chi connectivity index (χ3v) is 1.96. The van der Waals surface area contributed by atoms with E-state index in [-0.39, 0.29) is 0 Å². The standard InChI is InChI=1S/C8H12ClN3/c9-8-7(4-11)3-6(1-2-10)5-12-8/h3,5H,1-2,4,10-11H2. The molecule has 0 spiro atoms. The zero-order chi connectivity index (χ0) is 8.97. The van der Waals surface area contributed by atoms with Gasteiger partial charge in [0.1, 0.15) is 5.15 Å². The molecule has 1 aromatic rings. The van der Waals surface area contributed by atoms with Crippen LogP contribution in [0.15, 0.2) is 12.3 Å². The van der Waals surface area contributed by atoms with Gasteiger partial charge >= 0.3 is 0 Å². The van der Waals surface area contributed by atoms with Gasteiger partial charge in [-0.3, -0.25) is 0 Å². The molecule has 0 unspecified atom stereocenters. The Kier molecular flexibility index (Phi) is 3.47. The van der Waals surface area contributed by atoms with E-state index >= 15 is 0 Å². The van der Waals surface area contributed by atoms with Crippen LogP contribution >= 0.6 is 11.6 Å². The van der Waals surface area contributed by atoms with Crippen LogP contribution in [0.1, 0.15) is 11.1 Å². The number of nitrogens with zero attached hydrogens (tertiary/aromatic N) is 1. The minimum Gasteiger partial charge on any atom is -0.330 e. The lowest BCUT2D eigenvalue weighted by atomic mass is 10.1. The Morgan fingerprint density at radius 3 is 2.75 bits per heavy atom. The molecule has 4 N–H and O–H groups in total. The topological polar surface area (TPSA) is 64.9 Å². The number of hydrogen-bond acceptors (Lipinski definition) is 3. The van der Waals surface area contributed by atoms with Crippen molar-refractivity contribution in [1.29, 1.82) is 0 Å². The summed E-state index contributed by atoms with van der Waals surface area (Å²) in [6.45, 7) is 1.04. The van der Waals surface area contributed by atoms with Crippen LogP contribution in [0, 0.1) is 0 Å². The van der Waals surface area contributed by atoms with Gasteiger partial charge in [-0.25, -0.2) is 4.98 Å². The molecule has 1 aromatic heterocycles. The maximum Gasteiger partial charge on any atom is 0.133 e. The van der Waals surface area contributed by atoms with E-state index in [1.54, 1.807) is 6.20 Å². The molecule has 66 valence electrons. The van der Waals surface area contributed by atoms with Gasteiger partial charge in [0.25, 0.3) is 0 Å². The monoisotopic (exact) mass is 185 g/mol. The fourth-order valence-electron chi connectivity index (χ4n) is 0.990. The normalized spacial score (nSPS) is 10.2. The highest BCUT2D eigenvalue weighted by Gasteiger charge is 2.00. The molecule has 0 aliphatic heterocycles. The lowest BCUT2D eigenvalue weighted by molar-refractivity contribution is 0.943. The Bertz CT molecular complexity index is 262. The highest BCUT2D eigenvalue weighted by Crippen LogP contribution is 2.13. The molecule has 0 atom stereocenters. The summed E-state index contributed by atoms with van der Waals surface area (Å²) in [4.78, 5) is 4.00. The van der Waals surface area contributed by atoms with Crippen molar-refractivity contribution >= 4 is 11.6 Å². The largest absolute Gasteiger partial charge is 0.330 e. The third-order valence-electron chi connectivity index (χ3n) is 1.62. The molecule has 1 rings (SSSR count). The summed E-state index contributed by atoms with van der Waals surface area (Å²) < 4.78 is 0. The first kappa shape index (κ1) is 9.45. The second-order valence-electron chi connectivity index (χ2n) is 2.54. The Morgan fingerprint density at radius 1 is 1.42 bits per heavy atom. The fraction of sp³-hybridized carbons (Fsp3) is 0.375. The molecular weight excluding hydrogens is 174 g/mol. The van der Waals surface area contributed by atoms with Crippen LogP contribution in [0.4, 0.5) is 0 Å². The van der Waals surface area contributed by atoms with Crippen LogP contribution in [0.3, 0.4) is 0 Å². The zero-order valence-electron chi connectivity index (χ0n) is 6.76. The predicted octanol–water partition coefficient (Wildman–Crippen LogP) is 0.695. The zero-order valence-corrected chi connectivity index (χ0v) is 7.51. The van der Waals surface area contributed by atoms with Crippen LogP contribution in [0.2, 0.25) is 5.15 Å². The summed E-state index contributed by atoms with van der Waals surface area (Å²) >= 11 is 5.77. The first-order valence-electron chi connectivity index (χ1n) is 3.81. The van der Waals surface area contributed by atoms with Crippen molar-refractivity contribution in [2.24, 2.45) is 11.5 Å². The Labute approximate surface area is 76.7 Å². The van der Waals surface area contributed by atoms with Crippen LogP contribution in [0.5, 0.6) is 0 Å². The molecular formula is C8H12ClN3.